The molecule has 0 bridgehead atoms. The first-order valence-corrected chi connectivity index (χ1v) is 11.1. The third-order valence-electron chi connectivity index (χ3n) is 4.83. The Morgan fingerprint density at radius 1 is 0.938 bits per heavy atom. The van der Waals surface area contributed by atoms with Crippen LogP contribution in [0.25, 0.3) is 6.08 Å². The molecule has 0 spiro atoms. The molecule has 0 aliphatic carbocycles. The van der Waals surface area contributed by atoms with Crippen LogP contribution in [0, 0.1) is 0 Å². The van der Waals surface area contributed by atoms with Gasteiger partial charge in [0.1, 0.15) is 6.61 Å². The molecule has 0 atom stereocenters. The molecule has 1 aliphatic rings. The molecule has 1 saturated heterocycles. The molecule has 7 heteroatoms. The van der Waals surface area contributed by atoms with Crippen LogP contribution in [0.5, 0.6) is 11.5 Å². The van der Waals surface area contributed by atoms with E-state index in [4.69, 9.17) is 21.1 Å². The Hall–Kier alpha value is -3.22. The molecular weight excluding hydrogens is 446 g/mol. The number of thioether (sulfide) groups is 1. The van der Waals surface area contributed by atoms with Gasteiger partial charge in [0.25, 0.3) is 11.1 Å². The van der Waals surface area contributed by atoms with Crippen LogP contribution in [0.4, 0.5) is 4.79 Å². The van der Waals surface area contributed by atoms with Gasteiger partial charge in [-0.1, -0.05) is 60.1 Å². The lowest BCUT2D eigenvalue weighted by atomic mass is 10.1. The van der Waals surface area contributed by atoms with Gasteiger partial charge in [-0.15, -0.1) is 0 Å². The van der Waals surface area contributed by atoms with Crippen molar-refractivity contribution in [2.45, 2.75) is 13.2 Å². The Morgan fingerprint density at radius 2 is 1.72 bits per heavy atom. The topological polar surface area (TPSA) is 55.8 Å². The monoisotopic (exact) mass is 465 g/mol. The van der Waals surface area contributed by atoms with E-state index in [9.17, 15) is 9.59 Å². The van der Waals surface area contributed by atoms with Crippen molar-refractivity contribution in [2.75, 3.05) is 7.11 Å². The summed E-state index contributed by atoms with van der Waals surface area (Å²) in [5.41, 5.74) is 2.56. The number of methoxy groups -OCH3 is 1. The molecule has 0 unspecified atom stereocenters. The number of hydrogen-bond acceptors (Lipinski definition) is 5. The number of imide groups is 1. The SMILES string of the molecule is COc1ccc(/C=C2\SC(=O)N(Cc3cccc(Cl)c3)C2=O)cc1OCc1ccccc1. The van der Waals surface area contributed by atoms with Crippen LogP contribution < -0.4 is 9.47 Å². The van der Waals surface area contributed by atoms with Gasteiger partial charge in [-0.3, -0.25) is 14.5 Å². The van der Waals surface area contributed by atoms with Crippen molar-refractivity contribution in [3.63, 3.8) is 0 Å². The van der Waals surface area contributed by atoms with Gasteiger partial charge in [-0.05, 0) is 58.8 Å². The normalized spacial score (nSPS) is 14.8. The highest BCUT2D eigenvalue weighted by atomic mass is 35.5. The van der Waals surface area contributed by atoms with E-state index in [-0.39, 0.29) is 17.7 Å². The van der Waals surface area contributed by atoms with Crippen LogP contribution in [0.15, 0.2) is 77.7 Å². The maximum atomic E-state index is 12.9. The third-order valence-corrected chi connectivity index (χ3v) is 5.97. The van der Waals surface area contributed by atoms with Gasteiger partial charge in [-0.2, -0.15) is 0 Å². The standard InChI is InChI=1S/C25H20ClNO4S/c1-30-21-11-10-18(13-22(21)31-16-17-6-3-2-4-7-17)14-23-24(28)27(25(29)32-23)15-19-8-5-9-20(26)12-19/h2-14H,15-16H2,1H3/b23-14-. The van der Waals surface area contributed by atoms with Gasteiger partial charge in [0.2, 0.25) is 0 Å². The zero-order chi connectivity index (χ0) is 22.5. The summed E-state index contributed by atoms with van der Waals surface area (Å²) < 4.78 is 11.3. The number of carbonyl (C=O) groups excluding carboxylic acids is 2. The number of carbonyl (C=O) groups is 2. The van der Waals surface area contributed by atoms with Gasteiger partial charge in [0.15, 0.2) is 11.5 Å². The smallest absolute Gasteiger partial charge is 0.293 e. The molecule has 5 nitrogen and oxygen atoms in total. The van der Waals surface area contributed by atoms with Crippen molar-refractivity contribution < 1.29 is 19.1 Å². The highest BCUT2D eigenvalue weighted by molar-refractivity contribution is 8.18. The summed E-state index contributed by atoms with van der Waals surface area (Å²) >= 11 is 6.94. The summed E-state index contributed by atoms with van der Waals surface area (Å²) in [5.74, 6) is 0.818. The maximum Gasteiger partial charge on any atom is 0.293 e. The lowest BCUT2D eigenvalue weighted by Crippen LogP contribution is -2.27. The molecule has 4 rings (SSSR count). The van der Waals surface area contributed by atoms with Gasteiger partial charge < -0.3 is 9.47 Å². The summed E-state index contributed by atoms with van der Waals surface area (Å²) in [4.78, 5) is 26.9. The van der Waals surface area contributed by atoms with Gasteiger partial charge in [-0.25, -0.2) is 0 Å². The van der Waals surface area contributed by atoms with Crippen molar-refractivity contribution in [3.05, 3.63) is 99.4 Å². The van der Waals surface area contributed by atoms with E-state index in [1.54, 1.807) is 43.5 Å². The number of amides is 2. The van der Waals surface area contributed by atoms with Gasteiger partial charge in [0.05, 0.1) is 18.6 Å². The van der Waals surface area contributed by atoms with Crippen molar-refractivity contribution in [1.29, 1.82) is 0 Å². The minimum atomic E-state index is -0.331. The van der Waals surface area contributed by atoms with Crippen molar-refractivity contribution >= 4 is 40.6 Å². The molecule has 162 valence electrons. The Bertz CT molecular complexity index is 1180. The predicted molar refractivity (Wildman–Crippen MR) is 127 cm³/mol. The summed E-state index contributed by atoms with van der Waals surface area (Å²) in [6.45, 7) is 0.563. The van der Waals surface area contributed by atoms with E-state index in [1.165, 1.54) is 4.90 Å². The third kappa shape index (κ3) is 5.15. The summed E-state index contributed by atoms with van der Waals surface area (Å²) in [6.07, 6.45) is 1.69. The fraction of sp³-hybridized carbons (Fsp3) is 0.120. The fourth-order valence-corrected chi connectivity index (χ4v) is 4.29. The minimum Gasteiger partial charge on any atom is -0.493 e. The average molecular weight is 466 g/mol. The lowest BCUT2D eigenvalue weighted by Gasteiger charge is -2.13. The number of hydrogen-bond donors (Lipinski definition) is 0. The second-order valence-corrected chi connectivity index (χ2v) is 8.51. The molecule has 3 aromatic rings. The largest absolute Gasteiger partial charge is 0.493 e. The van der Waals surface area contributed by atoms with Gasteiger partial charge >= 0.3 is 0 Å². The number of benzene rings is 3. The van der Waals surface area contributed by atoms with Crippen LogP contribution in [-0.4, -0.2) is 23.2 Å². The molecule has 2 amide bonds. The minimum absolute atomic E-state index is 0.177. The molecule has 0 aromatic heterocycles. The Labute approximate surface area is 195 Å². The van der Waals surface area contributed by atoms with E-state index < -0.39 is 0 Å². The maximum absolute atomic E-state index is 12.9. The summed E-state index contributed by atoms with van der Waals surface area (Å²) in [7, 11) is 1.57. The molecule has 1 heterocycles. The number of ether oxygens (including phenoxy) is 2. The number of rotatable bonds is 7. The van der Waals surface area contributed by atoms with E-state index in [1.807, 2.05) is 42.5 Å². The second kappa shape index (κ2) is 9.94. The van der Waals surface area contributed by atoms with Crippen LogP contribution in [-0.2, 0) is 17.9 Å². The van der Waals surface area contributed by atoms with Crippen molar-refractivity contribution in [1.82, 2.24) is 4.90 Å². The van der Waals surface area contributed by atoms with Crippen LogP contribution in [0.2, 0.25) is 5.02 Å². The average Bonchev–Trinajstić information content (AvgIpc) is 3.06. The first-order chi connectivity index (χ1) is 15.5. The van der Waals surface area contributed by atoms with Crippen LogP contribution in [0.1, 0.15) is 16.7 Å². The lowest BCUT2D eigenvalue weighted by molar-refractivity contribution is -0.123. The van der Waals surface area contributed by atoms with E-state index in [0.29, 0.717) is 28.0 Å². The summed E-state index contributed by atoms with van der Waals surface area (Å²) in [6, 6.07) is 22.3. The first kappa shape index (κ1) is 22.0. The molecule has 0 radical (unpaired) electrons. The summed E-state index contributed by atoms with van der Waals surface area (Å²) in [5, 5.41) is 0.251. The Morgan fingerprint density at radius 3 is 2.47 bits per heavy atom. The van der Waals surface area contributed by atoms with Crippen molar-refractivity contribution in [2.24, 2.45) is 0 Å². The van der Waals surface area contributed by atoms with Crippen molar-refractivity contribution in [3.8, 4) is 11.5 Å². The van der Waals surface area contributed by atoms with E-state index in [2.05, 4.69) is 0 Å². The molecule has 1 fully saturated rings. The fourth-order valence-electron chi connectivity index (χ4n) is 3.24. The molecule has 32 heavy (non-hydrogen) atoms. The molecule has 1 aliphatic heterocycles. The predicted octanol–water partition coefficient (Wildman–Crippen LogP) is 6.16. The second-order valence-electron chi connectivity index (χ2n) is 7.08. The highest BCUT2D eigenvalue weighted by Gasteiger charge is 2.35. The van der Waals surface area contributed by atoms with E-state index >= 15 is 0 Å². The molecular formula is C25H20ClNO4S. The molecule has 0 N–H and O–H groups in total. The van der Waals surface area contributed by atoms with Gasteiger partial charge in [0, 0.05) is 5.02 Å². The first-order valence-electron chi connectivity index (χ1n) is 9.88. The highest BCUT2D eigenvalue weighted by Crippen LogP contribution is 2.35. The molecule has 3 aromatic carbocycles. The number of nitrogens with zero attached hydrogens (tertiary/aromatic N) is 1. The number of halogens is 1. The Kier molecular flexibility index (Phi) is 6.83. The zero-order valence-corrected chi connectivity index (χ0v) is 18.9. The quantitative estimate of drug-likeness (QED) is 0.391. The molecule has 0 saturated carbocycles. The van der Waals surface area contributed by atoms with E-state index in [0.717, 1.165) is 28.5 Å². The Balaban J connectivity index is 1.52. The van der Waals surface area contributed by atoms with Crippen LogP contribution in [0.3, 0.4) is 0 Å². The zero-order valence-electron chi connectivity index (χ0n) is 17.3. The van der Waals surface area contributed by atoms with Crippen LogP contribution >= 0.6 is 23.4 Å².